The molecule has 0 saturated carbocycles. The van der Waals surface area contributed by atoms with E-state index in [4.69, 9.17) is 0 Å². The Balaban J connectivity index is 1.75. The Morgan fingerprint density at radius 1 is 1.30 bits per heavy atom. The molecule has 27 heavy (non-hydrogen) atoms. The van der Waals surface area contributed by atoms with Gasteiger partial charge in [-0.2, -0.15) is 4.68 Å². The number of carbonyl (C=O) groups is 2. The molecule has 0 bridgehead atoms. The molecule has 1 aromatic heterocycles. The van der Waals surface area contributed by atoms with Crippen molar-refractivity contribution < 1.29 is 14.7 Å². The molecule has 3 unspecified atom stereocenters. The van der Waals surface area contributed by atoms with Crippen LogP contribution in [0, 0.1) is 11.8 Å². The number of likely N-dealkylation sites (tertiary alicyclic amines) is 1. The van der Waals surface area contributed by atoms with Crippen LogP contribution in [0.15, 0.2) is 30.3 Å². The molecule has 1 aliphatic heterocycles. The zero-order chi connectivity index (χ0) is 19.4. The molecule has 3 atom stereocenters. The Labute approximate surface area is 157 Å². The molecule has 9 nitrogen and oxygen atoms in total. The summed E-state index contributed by atoms with van der Waals surface area (Å²) in [5.41, 5.74) is 0.782. The Morgan fingerprint density at radius 2 is 2.04 bits per heavy atom. The topological polar surface area (TPSA) is 113 Å². The van der Waals surface area contributed by atoms with E-state index in [1.165, 1.54) is 4.68 Å². The van der Waals surface area contributed by atoms with Crippen molar-refractivity contribution in [1.82, 2.24) is 25.1 Å². The summed E-state index contributed by atoms with van der Waals surface area (Å²) in [6.07, 6.45) is 1.12. The second-order valence-electron chi connectivity index (χ2n) is 6.97. The fraction of sp³-hybridized carbons (Fsp3) is 0.500. The summed E-state index contributed by atoms with van der Waals surface area (Å²) < 4.78 is 1.54. The number of anilines is 1. The molecule has 2 N–H and O–H groups in total. The van der Waals surface area contributed by atoms with Crippen molar-refractivity contribution in [3.63, 3.8) is 0 Å². The number of benzene rings is 1. The van der Waals surface area contributed by atoms with Crippen LogP contribution in [0.2, 0.25) is 0 Å². The molecular formula is C18H24N6O3. The number of amides is 1. The van der Waals surface area contributed by atoms with Crippen molar-refractivity contribution in [1.29, 1.82) is 0 Å². The van der Waals surface area contributed by atoms with Gasteiger partial charge in [0, 0.05) is 13.1 Å². The van der Waals surface area contributed by atoms with Crippen molar-refractivity contribution in [2.75, 3.05) is 18.4 Å². The second kappa shape index (κ2) is 8.15. The van der Waals surface area contributed by atoms with Crippen LogP contribution < -0.4 is 5.32 Å². The van der Waals surface area contributed by atoms with Crippen LogP contribution in [-0.2, 0) is 9.59 Å². The number of aliphatic carboxylic acids is 1. The number of para-hydroxylation sites is 1. The van der Waals surface area contributed by atoms with Crippen LogP contribution in [0.5, 0.6) is 0 Å². The number of hydrogen-bond acceptors (Lipinski definition) is 6. The van der Waals surface area contributed by atoms with Crippen molar-refractivity contribution >= 4 is 17.8 Å². The van der Waals surface area contributed by atoms with E-state index in [9.17, 15) is 14.7 Å². The van der Waals surface area contributed by atoms with E-state index in [0.717, 1.165) is 5.69 Å². The minimum absolute atomic E-state index is 0.127. The number of carboxylic acid groups (broad SMARTS) is 1. The van der Waals surface area contributed by atoms with Gasteiger partial charge in [-0.3, -0.25) is 9.59 Å². The predicted octanol–water partition coefficient (Wildman–Crippen LogP) is 1.42. The van der Waals surface area contributed by atoms with Crippen molar-refractivity contribution in [2.24, 2.45) is 11.8 Å². The number of carbonyl (C=O) groups excluding carboxylic acids is 1. The normalized spacial score (nSPS) is 20.9. The molecule has 1 saturated heterocycles. The van der Waals surface area contributed by atoms with E-state index < -0.39 is 17.9 Å². The van der Waals surface area contributed by atoms with Gasteiger partial charge in [0.25, 0.3) is 0 Å². The van der Waals surface area contributed by atoms with Crippen LogP contribution in [0.1, 0.15) is 26.7 Å². The standard InChI is InChI=1S/C18H24N6O3/c1-3-15(16(25)23-10-12(2)9-13(11-23)17(26)27)19-18-20-21-22-24(18)14-7-5-4-6-8-14/h4-8,12-13,15H,3,9-11H2,1-2H3,(H,26,27)(H,19,20,22). The fourth-order valence-corrected chi connectivity index (χ4v) is 3.45. The van der Waals surface area contributed by atoms with Crippen LogP contribution >= 0.6 is 0 Å². The van der Waals surface area contributed by atoms with Gasteiger partial charge in [-0.05, 0) is 41.3 Å². The first-order valence-electron chi connectivity index (χ1n) is 9.11. The number of tetrazole rings is 1. The van der Waals surface area contributed by atoms with E-state index in [1.54, 1.807) is 4.90 Å². The molecule has 1 aliphatic rings. The largest absolute Gasteiger partial charge is 0.481 e. The van der Waals surface area contributed by atoms with Crippen LogP contribution in [0.3, 0.4) is 0 Å². The molecule has 2 aromatic rings. The lowest BCUT2D eigenvalue weighted by molar-refractivity contribution is -0.147. The summed E-state index contributed by atoms with van der Waals surface area (Å²) in [4.78, 5) is 26.0. The summed E-state index contributed by atoms with van der Waals surface area (Å²) in [6.45, 7) is 4.67. The zero-order valence-electron chi connectivity index (χ0n) is 15.4. The highest BCUT2D eigenvalue weighted by atomic mass is 16.4. The zero-order valence-corrected chi connectivity index (χ0v) is 15.4. The highest BCUT2D eigenvalue weighted by molar-refractivity contribution is 5.85. The van der Waals surface area contributed by atoms with Gasteiger partial charge in [0.2, 0.25) is 11.9 Å². The Bertz CT molecular complexity index is 793. The summed E-state index contributed by atoms with van der Waals surface area (Å²) >= 11 is 0. The second-order valence-corrected chi connectivity index (χ2v) is 6.97. The van der Waals surface area contributed by atoms with E-state index in [0.29, 0.717) is 25.3 Å². The molecule has 0 spiro atoms. The molecule has 1 aromatic carbocycles. The molecule has 1 fully saturated rings. The average molecular weight is 372 g/mol. The maximum absolute atomic E-state index is 13.0. The lowest BCUT2D eigenvalue weighted by atomic mass is 9.90. The maximum Gasteiger partial charge on any atom is 0.308 e. The molecule has 9 heteroatoms. The molecule has 2 heterocycles. The van der Waals surface area contributed by atoms with Crippen LogP contribution in [0.25, 0.3) is 5.69 Å². The summed E-state index contributed by atoms with van der Waals surface area (Å²) in [7, 11) is 0. The monoisotopic (exact) mass is 372 g/mol. The summed E-state index contributed by atoms with van der Waals surface area (Å²) in [6, 6.07) is 8.87. The van der Waals surface area contributed by atoms with Gasteiger partial charge in [0.15, 0.2) is 0 Å². The van der Waals surface area contributed by atoms with Crippen molar-refractivity contribution in [3.8, 4) is 5.69 Å². The number of aromatic nitrogens is 4. The number of rotatable bonds is 6. The summed E-state index contributed by atoms with van der Waals surface area (Å²) in [5, 5.41) is 24.1. The lowest BCUT2D eigenvalue weighted by Gasteiger charge is -2.36. The molecule has 0 aliphatic carbocycles. The first kappa shape index (κ1) is 18.8. The van der Waals surface area contributed by atoms with E-state index in [-0.39, 0.29) is 18.4 Å². The highest BCUT2D eigenvalue weighted by Crippen LogP contribution is 2.23. The first-order valence-corrected chi connectivity index (χ1v) is 9.11. The van der Waals surface area contributed by atoms with Gasteiger partial charge in [-0.25, -0.2) is 0 Å². The minimum Gasteiger partial charge on any atom is -0.481 e. The third kappa shape index (κ3) is 4.24. The van der Waals surface area contributed by atoms with E-state index >= 15 is 0 Å². The third-order valence-corrected chi connectivity index (χ3v) is 4.80. The molecule has 1 amide bonds. The number of hydrogen-bond donors (Lipinski definition) is 2. The van der Waals surface area contributed by atoms with Crippen molar-refractivity contribution in [2.45, 2.75) is 32.7 Å². The number of nitrogens with one attached hydrogen (secondary N) is 1. The minimum atomic E-state index is -0.853. The van der Waals surface area contributed by atoms with Crippen molar-refractivity contribution in [3.05, 3.63) is 30.3 Å². The number of carboxylic acids is 1. The van der Waals surface area contributed by atoms with Gasteiger partial charge >= 0.3 is 5.97 Å². The van der Waals surface area contributed by atoms with E-state index in [1.807, 2.05) is 44.2 Å². The van der Waals surface area contributed by atoms with Crippen LogP contribution in [-0.4, -0.2) is 61.2 Å². The van der Waals surface area contributed by atoms with E-state index in [2.05, 4.69) is 20.8 Å². The SMILES string of the molecule is CCC(Nc1nnnn1-c1ccccc1)C(=O)N1CC(C)CC(C(=O)O)C1. The highest BCUT2D eigenvalue weighted by Gasteiger charge is 2.34. The molecule has 3 rings (SSSR count). The lowest BCUT2D eigenvalue weighted by Crippen LogP contribution is -2.50. The number of nitrogens with zero attached hydrogens (tertiary/aromatic N) is 5. The van der Waals surface area contributed by atoms with Crippen LogP contribution in [0.4, 0.5) is 5.95 Å². The molecular weight excluding hydrogens is 348 g/mol. The quantitative estimate of drug-likeness (QED) is 0.788. The Hall–Kier alpha value is -2.97. The number of piperidine rings is 1. The van der Waals surface area contributed by atoms with Gasteiger partial charge in [-0.1, -0.05) is 37.1 Å². The van der Waals surface area contributed by atoms with Gasteiger partial charge in [-0.15, -0.1) is 0 Å². The average Bonchev–Trinajstić information content (AvgIpc) is 3.14. The smallest absolute Gasteiger partial charge is 0.308 e. The first-order chi connectivity index (χ1) is 13.0. The summed E-state index contributed by atoms with van der Waals surface area (Å²) in [5.74, 6) is -0.978. The maximum atomic E-state index is 13.0. The third-order valence-electron chi connectivity index (χ3n) is 4.80. The van der Waals surface area contributed by atoms with Gasteiger partial charge < -0.3 is 15.3 Å². The van der Waals surface area contributed by atoms with Gasteiger partial charge in [0.05, 0.1) is 11.6 Å². The predicted molar refractivity (Wildman–Crippen MR) is 98.3 cm³/mol. The molecule has 0 radical (unpaired) electrons. The van der Waals surface area contributed by atoms with Gasteiger partial charge in [0.1, 0.15) is 6.04 Å². The molecule has 144 valence electrons. The Morgan fingerprint density at radius 3 is 2.70 bits per heavy atom. The Kier molecular flexibility index (Phi) is 5.68. The fourth-order valence-electron chi connectivity index (χ4n) is 3.45.